The molecule has 1 aliphatic heterocycles. The van der Waals surface area contributed by atoms with E-state index in [1.54, 1.807) is 0 Å². The second-order valence-electron chi connectivity index (χ2n) is 3.32. The standard InChI is InChI=1S/C8H18O2Si/c1-11-8(5-6-9)4-2-3-7-10-8/h9H,2-7,11H2,1H3. The molecule has 0 aromatic carbocycles. The predicted octanol–water partition coefficient (Wildman–Crippen LogP) is 0.482. The van der Waals surface area contributed by atoms with Gasteiger partial charge in [0.15, 0.2) is 0 Å². The maximum atomic E-state index is 8.86. The SMILES string of the molecule is C[SiH2]C1(CCO)CCCCO1. The fourth-order valence-corrected chi connectivity index (χ4v) is 3.23. The predicted molar refractivity (Wildman–Crippen MR) is 48.6 cm³/mol. The first-order valence-electron chi connectivity index (χ1n) is 4.58. The fourth-order valence-electron chi connectivity index (χ4n) is 1.77. The van der Waals surface area contributed by atoms with Crippen molar-refractivity contribution < 1.29 is 9.84 Å². The van der Waals surface area contributed by atoms with Crippen LogP contribution in [-0.2, 0) is 4.74 Å². The summed E-state index contributed by atoms with van der Waals surface area (Å²) in [5.41, 5.74) is 0. The van der Waals surface area contributed by atoms with Crippen LogP contribution in [0.2, 0.25) is 6.55 Å². The topological polar surface area (TPSA) is 29.5 Å². The van der Waals surface area contributed by atoms with E-state index in [1.807, 2.05) is 0 Å². The Labute approximate surface area is 70.8 Å². The van der Waals surface area contributed by atoms with Crippen LogP contribution in [0.1, 0.15) is 25.7 Å². The van der Waals surface area contributed by atoms with Crippen molar-refractivity contribution in [3.8, 4) is 0 Å². The summed E-state index contributed by atoms with van der Waals surface area (Å²) in [6, 6.07) is 0. The highest BCUT2D eigenvalue weighted by atomic mass is 28.2. The smallest absolute Gasteiger partial charge is 0.0565 e. The van der Waals surface area contributed by atoms with Crippen LogP contribution < -0.4 is 0 Å². The van der Waals surface area contributed by atoms with Crippen LogP contribution in [0.5, 0.6) is 0 Å². The van der Waals surface area contributed by atoms with Crippen LogP contribution in [0.25, 0.3) is 0 Å². The first-order valence-corrected chi connectivity index (χ1v) is 6.70. The highest BCUT2D eigenvalue weighted by Crippen LogP contribution is 2.26. The zero-order valence-corrected chi connectivity index (χ0v) is 8.72. The number of aliphatic hydroxyl groups excluding tert-OH is 1. The molecule has 66 valence electrons. The summed E-state index contributed by atoms with van der Waals surface area (Å²) in [4.78, 5) is 0. The Kier molecular flexibility index (Phi) is 3.55. The molecule has 0 aliphatic carbocycles. The summed E-state index contributed by atoms with van der Waals surface area (Å²) in [5.74, 6) is 0. The first kappa shape index (κ1) is 9.23. The third-order valence-electron chi connectivity index (χ3n) is 2.65. The van der Waals surface area contributed by atoms with E-state index in [1.165, 1.54) is 19.3 Å². The van der Waals surface area contributed by atoms with Gasteiger partial charge >= 0.3 is 0 Å². The Morgan fingerprint density at radius 1 is 1.55 bits per heavy atom. The molecule has 0 spiro atoms. The second kappa shape index (κ2) is 4.23. The third kappa shape index (κ3) is 2.29. The fraction of sp³-hybridized carbons (Fsp3) is 1.00. The average Bonchev–Trinajstić information content (AvgIpc) is 2.07. The van der Waals surface area contributed by atoms with Gasteiger partial charge < -0.3 is 9.84 Å². The largest absolute Gasteiger partial charge is 0.396 e. The molecule has 1 N–H and O–H groups in total. The van der Waals surface area contributed by atoms with Gasteiger partial charge in [0.25, 0.3) is 0 Å². The van der Waals surface area contributed by atoms with Gasteiger partial charge in [-0.1, -0.05) is 6.55 Å². The van der Waals surface area contributed by atoms with E-state index < -0.39 is 0 Å². The summed E-state index contributed by atoms with van der Waals surface area (Å²) in [6.07, 6.45) is 4.56. The number of aliphatic hydroxyl groups is 1. The minimum Gasteiger partial charge on any atom is -0.396 e. The normalized spacial score (nSPS) is 33.3. The lowest BCUT2D eigenvalue weighted by molar-refractivity contribution is -0.0331. The molecule has 0 aromatic heterocycles. The van der Waals surface area contributed by atoms with Crippen molar-refractivity contribution in [1.82, 2.24) is 0 Å². The van der Waals surface area contributed by atoms with E-state index in [2.05, 4.69) is 6.55 Å². The van der Waals surface area contributed by atoms with E-state index in [0.29, 0.717) is 6.61 Å². The maximum absolute atomic E-state index is 8.86. The molecule has 1 unspecified atom stereocenters. The van der Waals surface area contributed by atoms with E-state index in [-0.39, 0.29) is 14.7 Å². The molecule has 1 aliphatic rings. The number of rotatable bonds is 3. The minimum absolute atomic E-state index is 0.132. The zero-order valence-electron chi connectivity index (χ0n) is 7.31. The van der Waals surface area contributed by atoms with Gasteiger partial charge in [0.2, 0.25) is 0 Å². The lowest BCUT2D eigenvalue weighted by Gasteiger charge is -2.36. The Hall–Kier alpha value is 0.137. The van der Waals surface area contributed by atoms with Crippen LogP contribution in [0.3, 0.4) is 0 Å². The Bertz CT molecular complexity index is 105. The second-order valence-corrected chi connectivity index (χ2v) is 5.31. The average molecular weight is 174 g/mol. The highest BCUT2D eigenvalue weighted by molar-refractivity contribution is 6.37. The lowest BCUT2D eigenvalue weighted by Crippen LogP contribution is -2.41. The Morgan fingerprint density at radius 2 is 2.36 bits per heavy atom. The van der Waals surface area contributed by atoms with Crippen molar-refractivity contribution in [3.63, 3.8) is 0 Å². The van der Waals surface area contributed by atoms with Gasteiger partial charge in [0.1, 0.15) is 0 Å². The number of hydrogen-bond donors (Lipinski definition) is 1. The maximum Gasteiger partial charge on any atom is 0.0565 e. The zero-order chi connectivity index (χ0) is 8.16. The van der Waals surface area contributed by atoms with Gasteiger partial charge in [-0.3, -0.25) is 0 Å². The molecule has 0 amide bonds. The van der Waals surface area contributed by atoms with Crippen molar-refractivity contribution >= 4 is 9.52 Å². The molecular weight excluding hydrogens is 156 g/mol. The molecule has 0 saturated carbocycles. The third-order valence-corrected chi connectivity index (χ3v) is 4.85. The molecule has 1 saturated heterocycles. The van der Waals surface area contributed by atoms with Crippen LogP contribution in [0.15, 0.2) is 0 Å². The van der Waals surface area contributed by atoms with Gasteiger partial charge in [-0.15, -0.1) is 0 Å². The van der Waals surface area contributed by atoms with Crippen molar-refractivity contribution in [2.75, 3.05) is 13.2 Å². The van der Waals surface area contributed by atoms with Crippen molar-refractivity contribution in [1.29, 1.82) is 0 Å². The quantitative estimate of drug-likeness (QED) is 0.631. The molecule has 1 rings (SSSR count). The van der Waals surface area contributed by atoms with Crippen molar-refractivity contribution in [3.05, 3.63) is 0 Å². The molecule has 0 bridgehead atoms. The monoisotopic (exact) mass is 174 g/mol. The van der Waals surface area contributed by atoms with E-state index in [0.717, 1.165) is 13.0 Å². The molecule has 0 aromatic rings. The van der Waals surface area contributed by atoms with Crippen molar-refractivity contribution in [2.45, 2.75) is 37.5 Å². The summed E-state index contributed by atoms with van der Waals surface area (Å²) in [5, 5.41) is 9.02. The van der Waals surface area contributed by atoms with Gasteiger partial charge in [0, 0.05) is 13.2 Å². The summed E-state index contributed by atoms with van der Waals surface area (Å²) in [6.45, 7) is 3.49. The summed E-state index contributed by atoms with van der Waals surface area (Å²) >= 11 is 0. The van der Waals surface area contributed by atoms with Gasteiger partial charge in [-0.05, 0) is 25.7 Å². The van der Waals surface area contributed by atoms with E-state index in [4.69, 9.17) is 9.84 Å². The van der Waals surface area contributed by atoms with E-state index in [9.17, 15) is 0 Å². The molecule has 1 atom stereocenters. The summed E-state index contributed by atoms with van der Waals surface area (Å²) in [7, 11) is -0.132. The molecule has 2 nitrogen and oxygen atoms in total. The van der Waals surface area contributed by atoms with Gasteiger partial charge in [0.05, 0.1) is 14.7 Å². The molecule has 11 heavy (non-hydrogen) atoms. The molecule has 3 heteroatoms. The Morgan fingerprint density at radius 3 is 2.82 bits per heavy atom. The molecule has 1 heterocycles. The van der Waals surface area contributed by atoms with Crippen molar-refractivity contribution in [2.24, 2.45) is 0 Å². The lowest BCUT2D eigenvalue weighted by atomic mass is 10.1. The summed E-state index contributed by atoms with van der Waals surface area (Å²) < 4.78 is 5.76. The van der Waals surface area contributed by atoms with Crippen LogP contribution >= 0.6 is 0 Å². The van der Waals surface area contributed by atoms with Crippen LogP contribution in [-0.4, -0.2) is 33.1 Å². The highest BCUT2D eigenvalue weighted by Gasteiger charge is 2.30. The number of hydrogen-bond acceptors (Lipinski definition) is 2. The first-order chi connectivity index (χ1) is 5.33. The number of ether oxygens (including phenoxy) is 1. The van der Waals surface area contributed by atoms with Gasteiger partial charge in [-0.25, -0.2) is 0 Å². The van der Waals surface area contributed by atoms with E-state index >= 15 is 0 Å². The van der Waals surface area contributed by atoms with Gasteiger partial charge in [-0.2, -0.15) is 0 Å². The van der Waals surface area contributed by atoms with Crippen LogP contribution in [0.4, 0.5) is 0 Å². The molecule has 1 fully saturated rings. The van der Waals surface area contributed by atoms with Crippen LogP contribution in [0, 0.1) is 0 Å². The molecule has 0 radical (unpaired) electrons. The molecular formula is C8H18O2Si. The minimum atomic E-state index is -0.132. The Balaban J connectivity index is 2.42.